The summed E-state index contributed by atoms with van der Waals surface area (Å²) in [5, 5.41) is 18.0. The van der Waals surface area contributed by atoms with Crippen molar-refractivity contribution in [3.8, 4) is 5.75 Å². The predicted molar refractivity (Wildman–Crippen MR) is 74.0 cm³/mol. The zero-order valence-corrected chi connectivity index (χ0v) is 12.5. The lowest BCUT2D eigenvalue weighted by molar-refractivity contribution is -0.377. The first-order valence-corrected chi connectivity index (χ1v) is 6.18. The lowest BCUT2D eigenvalue weighted by Gasteiger charge is -2.19. The maximum Gasteiger partial charge on any atom is 0.194 e. The van der Waals surface area contributed by atoms with Crippen LogP contribution in [0.2, 0.25) is 0 Å². The number of azo groups is 1. The highest BCUT2D eigenvalue weighted by atomic mass is 35.5. The molecular formula is C15H18ClN3O. The van der Waals surface area contributed by atoms with E-state index in [1.54, 1.807) is 18.5 Å². The molecule has 0 aliphatic carbocycles. The molecule has 4 nitrogen and oxygen atoms in total. The molecule has 2 N–H and O–H groups in total. The molecule has 1 aromatic carbocycles. The summed E-state index contributed by atoms with van der Waals surface area (Å²) in [5.74, 6) is 0.136. The number of hydrogen-bond acceptors (Lipinski definition) is 3. The van der Waals surface area contributed by atoms with Gasteiger partial charge in [-0.3, -0.25) is 0 Å². The van der Waals surface area contributed by atoms with Crippen molar-refractivity contribution >= 4 is 11.4 Å². The van der Waals surface area contributed by atoms with Gasteiger partial charge >= 0.3 is 0 Å². The monoisotopic (exact) mass is 291 g/mol. The molecule has 0 bridgehead atoms. The number of rotatable bonds is 2. The van der Waals surface area contributed by atoms with Crippen LogP contribution in [0.15, 0.2) is 53.0 Å². The number of aromatic amines is 1. The van der Waals surface area contributed by atoms with E-state index in [1.807, 2.05) is 24.3 Å². The van der Waals surface area contributed by atoms with Crippen molar-refractivity contribution in [2.75, 3.05) is 0 Å². The first-order chi connectivity index (χ1) is 8.97. The molecular weight excluding hydrogens is 274 g/mol. The normalized spacial score (nSPS) is 11.3. The fraction of sp³-hybridized carbons (Fsp3) is 0.267. The molecule has 106 valence electrons. The number of H-pyrrole nitrogens is 1. The summed E-state index contributed by atoms with van der Waals surface area (Å²) in [6.07, 6.45) is 3.55. The minimum Gasteiger partial charge on any atom is -1.00 e. The van der Waals surface area contributed by atoms with Gasteiger partial charge in [-0.15, -0.1) is 10.2 Å². The summed E-state index contributed by atoms with van der Waals surface area (Å²) < 4.78 is 0. The minimum absolute atomic E-state index is 0. The largest absolute Gasteiger partial charge is 1.00 e. The fourth-order valence-electron chi connectivity index (χ4n) is 1.63. The zero-order valence-electron chi connectivity index (χ0n) is 11.8. The van der Waals surface area contributed by atoms with E-state index in [0.717, 1.165) is 5.56 Å². The van der Waals surface area contributed by atoms with Gasteiger partial charge in [0.15, 0.2) is 12.4 Å². The molecule has 0 radical (unpaired) electrons. The zero-order chi connectivity index (χ0) is 13.9. The molecule has 0 aliphatic heterocycles. The van der Waals surface area contributed by atoms with E-state index in [0.29, 0.717) is 11.4 Å². The van der Waals surface area contributed by atoms with Crippen LogP contribution in [-0.4, -0.2) is 5.11 Å². The van der Waals surface area contributed by atoms with Crippen LogP contribution in [0, 0.1) is 0 Å². The molecule has 5 heteroatoms. The smallest absolute Gasteiger partial charge is 0.194 e. The number of nitrogens with one attached hydrogen (secondary N) is 1. The molecule has 0 unspecified atom stereocenters. The molecule has 0 spiro atoms. The topological polar surface area (TPSA) is 59.1 Å². The number of hydrogen-bond donors (Lipinski definition) is 1. The Labute approximate surface area is 125 Å². The molecule has 2 rings (SSSR count). The molecule has 1 aromatic heterocycles. The number of aromatic nitrogens is 1. The second-order valence-electron chi connectivity index (χ2n) is 5.42. The van der Waals surface area contributed by atoms with Crippen LogP contribution in [0.4, 0.5) is 11.4 Å². The van der Waals surface area contributed by atoms with Crippen molar-refractivity contribution < 1.29 is 22.5 Å². The number of benzene rings is 1. The van der Waals surface area contributed by atoms with Gasteiger partial charge in [0.05, 0.1) is 0 Å². The van der Waals surface area contributed by atoms with Crippen LogP contribution in [-0.2, 0) is 5.41 Å². The Morgan fingerprint density at radius 1 is 1.10 bits per heavy atom. The third-order valence-corrected chi connectivity index (χ3v) is 2.81. The van der Waals surface area contributed by atoms with Crippen molar-refractivity contribution in [2.45, 2.75) is 26.2 Å². The van der Waals surface area contributed by atoms with E-state index >= 15 is 0 Å². The Hall–Kier alpha value is -1.94. The molecule has 0 saturated heterocycles. The molecule has 0 amide bonds. The van der Waals surface area contributed by atoms with E-state index in [9.17, 15) is 5.11 Å². The lowest BCUT2D eigenvalue weighted by atomic mass is 9.87. The SMILES string of the molecule is CC(C)(C)c1ccc(O)c(N=Nc2ccc[nH+]c2)c1.[Cl-]. The number of aromatic hydroxyl groups is 1. The Bertz CT molecular complexity index is 592. The number of phenolic OH excluding ortho intramolecular Hbond substituents is 1. The maximum absolute atomic E-state index is 9.82. The summed E-state index contributed by atoms with van der Waals surface area (Å²) in [6, 6.07) is 9.12. The second kappa shape index (κ2) is 6.48. The molecule has 0 atom stereocenters. The predicted octanol–water partition coefficient (Wildman–Crippen LogP) is 0.923. The van der Waals surface area contributed by atoms with Crippen LogP contribution < -0.4 is 17.4 Å². The Kier molecular flexibility index (Phi) is 5.22. The highest BCUT2D eigenvalue weighted by Crippen LogP contribution is 2.33. The number of phenols is 1. The Morgan fingerprint density at radius 3 is 2.45 bits per heavy atom. The van der Waals surface area contributed by atoms with Gasteiger partial charge in [-0.05, 0) is 29.2 Å². The lowest BCUT2D eigenvalue weighted by Crippen LogP contribution is -3.00. The first-order valence-electron chi connectivity index (χ1n) is 6.18. The minimum atomic E-state index is 0. The first kappa shape index (κ1) is 16.1. The van der Waals surface area contributed by atoms with Crippen molar-refractivity contribution in [3.05, 3.63) is 48.3 Å². The van der Waals surface area contributed by atoms with Crippen LogP contribution in [0.1, 0.15) is 26.3 Å². The fourth-order valence-corrected chi connectivity index (χ4v) is 1.63. The molecule has 1 heterocycles. The average molecular weight is 292 g/mol. The van der Waals surface area contributed by atoms with Gasteiger partial charge in [-0.25, -0.2) is 4.98 Å². The quantitative estimate of drug-likeness (QED) is 0.822. The van der Waals surface area contributed by atoms with E-state index in [2.05, 4.69) is 36.0 Å². The van der Waals surface area contributed by atoms with Gasteiger partial charge in [0, 0.05) is 6.07 Å². The second-order valence-corrected chi connectivity index (χ2v) is 5.42. The standard InChI is InChI=1S/C15H17N3O.ClH/c1-15(2,3)11-6-7-14(19)13(9-11)18-17-12-5-4-8-16-10-12;/h4-10,19H,1-3H3;1H. The Morgan fingerprint density at radius 2 is 1.85 bits per heavy atom. The highest BCUT2D eigenvalue weighted by molar-refractivity contribution is 5.53. The van der Waals surface area contributed by atoms with Crippen molar-refractivity contribution in [3.63, 3.8) is 0 Å². The van der Waals surface area contributed by atoms with Gasteiger partial charge in [0.2, 0.25) is 0 Å². The molecule has 0 saturated carbocycles. The summed E-state index contributed by atoms with van der Waals surface area (Å²) in [4.78, 5) is 2.93. The molecule has 0 fully saturated rings. The third-order valence-electron chi connectivity index (χ3n) is 2.81. The van der Waals surface area contributed by atoms with Crippen LogP contribution in [0.5, 0.6) is 5.75 Å². The van der Waals surface area contributed by atoms with E-state index in [4.69, 9.17) is 0 Å². The van der Waals surface area contributed by atoms with Crippen molar-refractivity contribution in [1.29, 1.82) is 0 Å². The summed E-state index contributed by atoms with van der Waals surface area (Å²) in [6.45, 7) is 6.35. The van der Waals surface area contributed by atoms with Crippen molar-refractivity contribution in [2.24, 2.45) is 10.2 Å². The number of halogens is 1. The molecule has 2 aromatic rings. The van der Waals surface area contributed by atoms with Gasteiger partial charge in [0.1, 0.15) is 17.1 Å². The van der Waals surface area contributed by atoms with E-state index in [-0.39, 0.29) is 23.6 Å². The Balaban J connectivity index is 0.00000200. The van der Waals surface area contributed by atoms with Gasteiger partial charge in [-0.2, -0.15) is 0 Å². The van der Waals surface area contributed by atoms with E-state index in [1.165, 1.54) is 0 Å². The van der Waals surface area contributed by atoms with Gasteiger partial charge < -0.3 is 17.5 Å². The summed E-state index contributed by atoms with van der Waals surface area (Å²) in [7, 11) is 0. The molecule has 0 aliphatic rings. The van der Waals surface area contributed by atoms with Crippen LogP contribution in [0.3, 0.4) is 0 Å². The van der Waals surface area contributed by atoms with Gasteiger partial charge in [-0.1, -0.05) is 26.8 Å². The number of nitrogens with zero attached hydrogens (tertiary/aromatic N) is 2. The molecule has 20 heavy (non-hydrogen) atoms. The van der Waals surface area contributed by atoms with Crippen molar-refractivity contribution in [1.82, 2.24) is 0 Å². The summed E-state index contributed by atoms with van der Waals surface area (Å²) >= 11 is 0. The van der Waals surface area contributed by atoms with Crippen LogP contribution >= 0.6 is 0 Å². The van der Waals surface area contributed by atoms with Crippen LogP contribution in [0.25, 0.3) is 0 Å². The number of pyridine rings is 1. The maximum atomic E-state index is 9.82. The summed E-state index contributed by atoms with van der Waals surface area (Å²) in [5.41, 5.74) is 2.32. The average Bonchev–Trinajstić information content (AvgIpc) is 2.37. The van der Waals surface area contributed by atoms with Gasteiger partial charge in [0.25, 0.3) is 0 Å². The van der Waals surface area contributed by atoms with E-state index < -0.39 is 0 Å². The third kappa shape index (κ3) is 4.03. The highest BCUT2D eigenvalue weighted by Gasteiger charge is 2.15.